The second-order valence-corrected chi connectivity index (χ2v) is 6.01. The topological polar surface area (TPSA) is 60.1 Å². The van der Waals surface area contributed by atoms with Gasteiger partial charge in [-0.15, -0.1) is 0 Å². The highest BCUT2D eigenvalue weighted by atomic mass is 35.5. The van der Waals surface area contributed by atoms with Crippen LogP contribution in [0.5, 0.6) is 0 Å². The molecule has 0 atom stereocenters. The van der Waals surface area contributed by atoms with Crippen molar-refractivity contribution in [3.8, 4) is 11.3 Å². The smallest absolute Gasteiger partial charge is 0.273 e. The molecular weight excluding hydrogens is 338 g/mol. The number of para-hydroxylation sites is 1. The van der Waals surface area contributed by atoms with Gasteiger partial charge in [-0.05, 0) is 30.3 Å². The van der Waals surface area contributed by atoms with E-state index in [0.717, 1.165) is 16.5 Å². The fourth-order valence-corrected chi connectivity index (χ4v) is 3.24. The zero-order valence-corrected chi connectivity index (χ0v) is 14.1. The molecule has 0 bridgehead atoms. The summed E-state index contributed by atoms with van der Waals surface area (Å²) < 4.78 is 7.06. The first-order valence-electron chi connectivity index (χ1n) is 7.68. The Morgan fingerprint density at radius 3 is 2.60 bits per heavy atom. The molecule has 6 heteroatoms. The highest BCUT2D eigenvalue weighted by Gasteiger charge is 2.19. The fourth-order valence-electron chi connectivity index (χ4n) is 2.87. The van der Waals surface area contributed by atoms with E-state index in [2.05, 4.69) is 10.3 Å². The van der Waals surface area contributed by atoms with E-state index in [0.29, 0.717) is 22.2 Å². The van der Waals surface area contributed by atoms with Crippen LogP contribution in [0.25, 0.3) is 22.2 Å². The molecule has 124 valence electrons. The van der Waals surface area contributed by atoms with E-state index in [9.17, 15) is 4.79 Å². The van der Waals surface area contributed by atoms with Crippen LogP contribution in [0, 0.1) is 0 Å². The third-order valence-corrected chi connectivity index (χ3v) is 4.50. The van der Waals surface area contributed by atoms with E-state index in [4.69, 9.17) is 16.0 Å². The molecular formula is C19H14ClN3O2. The van der Waals surface area contributed by atoms with Gasteiger partial charge in [0, 0.05) is 29.2 Å². The van der Waals surface area contributed by atoms with E-state index in [1.807, 2.05) is 55.6 Å². The average molecular weight is 352 g/mol. The largest absolute Gasteiger partial charge is 0.444 e. The SMILES string of the molecule is Cn1c(C(=O)Nc2ccc(-c3cnco3)cc2)c(Cl)c2ccccc21. The van der Waals surface area contributed by atoms with Crippen LogP contribution in [0.3, 0.4) is 0 Å². The molecule has 0 spiro atoms. The van der Waals surface area contributed by atoms with Crippen molar-refractivity contribution in [2.45, 2.75) is 0 Å². The fraction of sp³-hybridized carbons (Fsp3) is 0.0526. The van der Waals surface area contributed by atoms with Crippen LogP contribution in [0.15, 0.2) is 65.5 Å². The summed E-state index contributed by atoms with van der Waals surface area (Å²) in [5.41, 5.74) is 2.91. The van der Waals surface area contributed by atoms with Crippen molar-refractivity contribution >= 4 is 34.1 Å². The Balaban J connectivity index is 1.62. The number of amides is 1. The van der Waals surface area contributed by atoms with Crippen molar-refractivity contribution in [2.75, 3.05) is 5.32 Å². The molecule has 4 rings (SSSR count). The standard InChI is InChI=1S/C19H14ClN3O2/c1-23-15-5-3-2-4-14(15)17(20)18(23)19(24)22-13-8-6-12(7-9-13)16-10-21-11-25-16/h2-11H,1H3,(H,22,24). The number of oxazole rings is 1. The first-order valence-corrected chi connectivity index (χ1v) is 8.06. The molecule has 25 heavy (non-hydrogen) atoms. The highest BCUT2D eigenvalue weighted by molar-refractivity contribution is 6.39. The maximum atomic E-state index is 12.7. The first kappa shape index (κ1) is 15.5. The number of halogens is 1. The molecule has 0 aliphatic rings. The summed E-state index contributed by atoms with van der Waals surface area (Å²) in [6.45, 7) is 0. The van der Waals surface area contributed by atoms with Crippen molar-refractivity contribution < 1.29 is 9.21 Å². The molecule has 2 heterocycles. The summed E-state index contributed by atoms with van der Waals surface area (Å²) in [5.74, 6) is 0.422. The number of aryl methyl sites for hydroxylation is 1. The van der Waals surface area contributed by atoms with Gasteiger partial charge >= 0.3 is 0 Å². The quantitative estimate of drug-likeness (QED) is 0.580. The van der Waals surface area contributed by atoms with E-state index < -0.39 is 0 Å². The van der Waals surface area contributed by atoms with E-state index in [1.165, 1.54) is 6.39 Å². The molecule has 0 aliphatic heterocycles. The molecule has 0 unspecified atom stereocenters. The minimum atomic E-state index is -0.254. The summed E-state index contributed by atoms with van der Waals surface area (Å²) in [5, 5.41) is 4.19. The van der Waals surface area contributed by atoms with Crippen LogP contribution >= 0.6 is 11.6 Å². The number of benzene rings is 2. The lowest BCUT2D eigenvalue weighted by Gasteiger charge is -2.08. The zero-order valence-electron chi connectivity index (χ0n) is 13.4. The van der Waals surface area contributed by atoms with Gasteiger partial charge in [-0.25, -0.2) is 4.98 Å². The normalized spacial score (nSPS) is 11.0. The molecule has 0 saturated carbocycles. The minimum Gasteiger partial charge on any atom is -0.444 e. The summed E-state index contributed by atoms with van der Waals surface area (Å²) in [6.07, 6.45) is 3.02. The Labute approximate surface area is 148 Å². The zero-order chi connectivity index (χ0) is 17.4. The summed E-state index contributed by atoms with van der Waals surface area (Å²) in [6, 6.07) is 15.0. The number of nitrogens with zero attached hydrogens (tertiary/aromatic N) is 2. The van der Waals surface area contributed by atoms with Crippen LogP contribution in [-0.4, -0.2) is 15.5 Å². The number of carbonyl (C=O) groups is 1. The number of rotatable bonds is 3. The van der Waals surface area contributed by atoms with Crippen molar-refractivity contribution in [1.82, 2.24) is 9.55 Å². The molecule has 0 aliphatic carbocycles. The third-order valence-electron chi connectivity index (χ3n) is 4.12. The van der Waals surface area contributed by atoms with E-state index in [-0.39, 0.29) is 5.91 Å². The van der Waals surface area contributed by atoms with Crippen molar-refractivity contribution in [3.63, 3.8) is 0 Å². The monoisotopic (exact) mass is 351 g/mol. The van der Waals surface area contributed by atoms with Gasteiger partial charge in [0.25, 0.3) is 5.91 Å². The molecule has 2 aromatic carbocycles. The number of hydrogen-bond acceptors (Lipinski definition) is 3. The Bertz CT molecular complexity index is 1010. The van der Waals surface area contributed by atoms with Crippen molar-refractivity contribution in [1.29, 1.82) is 0 Å². The predicted octanol–water partition coefficient (Wildman–Crippen LogP) is 4.74. The van der Waals surface area contributed by atoms with Gasteiger partial charge in [-0.2, -0.15) is 0 Å². The van der Waals surface area contributed by atoms with E-state index in [1.54, 1.807) is 10.8 Å². The lowest BCUT2D eigenvalue weighted by atomic mass is 10.1. The van der Waals surface area contributed by atoms with Crippen LogP contribution in [-0.2, 0) is 7.05 Å². The number of fused-ring (bicyclic) bond motifs is 1. The Kier molecular flexibility index (Phi) is 3.78. The molecule has 4 aromatic rings. The van der Waals surface area contributed by atoms with Gasteiger partial charge in [0.1, 0.15) is 5.69 Å². The molecule has 0 radical (unpaired) electrons. The maximum absolute atomic E-state index is 12.7. The summed E-state index contributed by atoms with van der Waals surface area (Å²) in [4.78, 5) is 16.6. The summed E-state index contributed by atoms with van der Waals surface area (Å²) >= 11 is 6.42. The number of hydrogen-bond donors (Lipinski definition) is 1. The van der Waals surface area contributed by atoms with Crippen LogP contribution in [0.4, 0.5) is 5.69 Å². The molecule has 0 saturated heterocycles. The van der Waals surface area contributed by atoms with Gasteiger partial charge in [-0.3, -0.25) is 4.79 Å². The number of anilines is 1. The van der Waals surface area contributed by atoms with Crippen molar-refractivity contribution in [3.05, 3.63) is 71.8 Å². The van der Waals surface area contributed by atoms with Gasteiger partial charge in [-0.1, -0.05) is 29.8 Å². The molecule has 2 aromatic heterocycles. The lowest BCUT2D eigenvalue weighted by molar-refractivity contribution is 0.102. The Morgan fingerprint density at radius 1 is 1.16 bits per heavy atom. The molecule has 0 fully saturated rings. The minimum absolute atomic E-state index is 0.254. The van der Waals surface area contributed by atoms with Crippen LogP contribution in [0.1, 0.15) is 10.5 Å². The van der Waals surface area contributed by atoms with Gasteiger partial charge in [0.15, 0.2) is 12.2 Å². The number of nitrogens with one attached hydrogen (secondary N) is 1. The second-order valence-electron chi connectivity index (χ2n) is 5.64. The first-order chi connectivity index (χ1) is 12.1. The summed E-state index contributed by atoms with van der Waals surface area (Å²) in [7, 11) is 1.83. The maximum Gasteiger partial charge on any atom is 0.273 e. The Morgan fingerprint density at radius 2 is 1.92 bits per heavy atom. The Hall–Kier alpha value is -3.05. The molecule has 1 N–H and O–H groups in total. The third kappa shape index (κ3) is 2.68. The molecule has 1 amide bonds. The molecule has 5 nitrogen and oxygen atoms in total. The van der Waals surface area contributed by atoms with Gasteiger partial charge in [0.2, 0.25) is 0 Å². The highest BCUT2D eigenvalue weighted by Crippen LogP contribution is 2.30. The van der Waals surface area contributed by atoms with Crippen LogP contribution < -0.4 is 5.32 Å². The average Bonchev–Trinajstić information content (AvgIpc) is 3.24. The van der Waals surface area contributed by atoms with Gasteiger partial charge < -0.3 is 14.3 Å². The van der Waals surface area contributed by atoms with Crippen LogP contribution in [0.2, 0.25) is 5.02 Å². The number of carbonyl (C=O) groups excluding carboxylic acids is 1. The second kappa shape index (κ2) is 6.11. The lowest BCUT2D eigenvalue weighted by Crippen LogP contribution is -2.16. The number of aromatic nitrogens is 2. The predicted molar refractivity (Wildman–Crippen MR) is 97.8 cm³/mol. The van der Waals surface area contributed by atoms with E-state index >= 15 is 0 Å². The van der Waals surface area contributed by atoms with Gasteiger partial charge in [0.05, 0.1) is 11.2 Å². The van der Waals surface area contributed by atoms with Crippen molar-refractivity contribution in [2.24, 2.45) is 7.05 Å².